The molecule has 6 nitrogen and oxygen atoms in total. The first-order valence-corrected chi connectivity index (χ1v) is 13.2. The van der Waals surface area contributed by atoms with Gasteiger partial charge in [0.05, 0.1) is 17.9 Å². The zero-order valence-corrected chi connectivity index (χ0v) is 22.0. The molecule has 1 aliphatic heterocycles. The monoisotopic (exact) mass is 514 g/mol. The Kier molecular flexibility index (Phi) is 8.46. The van der Waals surface area contributed by atoms with Crippen LogP contribution in [0.2, 0.25) is 0 Å². The third-order valence-corrected chi connectivity index (χ3v) is 7.03. The Morgan fingerprint density at radius 2 is 1.59 bits per heavy atom. The van der Waals surface area contributed by atoms with Crippen molar-refractivity contribution < 1.29 is 19.1 Å². The first-order chi connectivity index (χ1) is 17.9. The molecule has 0 unspecified atom stereocenters. The Labute approximate surface area is 221 Å². The molecule has 190 valence electrons. The molecule has 0 fully saturated rings. The van der Waals surface area contributed by atoms with Gasteiger partial charge >= 0.3 is 5.97 Å². The lowest BCUT2D eigenvalue weighted by Crippen LogP contribution is -2.32. The Balaban J connectivity index is 1.61. The van der Waals surface area contributed by atoms with Crippen LogP contribution in [0.15, 0.2) is 94.4 Å². The summed E-state index contributed by atoms with van der Waals surface area (Å²) in [5.41, 5.74) is 2.88. The molecule has 0 bridgehead atoms. The summed E-state index contributed by atoms with van der Waals surface area (Å²) in [7, 11) is 0. The van der Waals surface area contributed by atoms with Gasteiger partial charge in [-0.2, -0.15) is 0 Å². The van der Waals surface area contributed by atoms with Gasteiger partial charge in [0, 0.05) is 10.6 Å². The molecule has 0 spiro atoms. The van der Waals surface area contributed by atoms with Crippen LogP contribution < -0.4 is 10.2 Å². The molecule has 0 atom stereocenters. The predicted molar refractivity (Wildman–Crippen MR) is 148 cm³/mol. The molecule has 0 radical (unpaired) electrons. The molecule has 0 aromatic heterocycles. The molecule has 0 saturated heterocycles. The topological polar surface area (TPSA) is 75.7 Å². The summed E-state index contributed by atoms with van der Waals surface area (Å²) in [5, 5.41) is 3.19. The molecule has 7 heteroatoms. The molecule has 37 heavy (non-hydrogen) atoms. The Morgan fingerprint density at radius 3 is 2.22 bits per heavy atom. The van der Waals surface area contributed by atoms with Crippen LogP contribution in [-0.4, -0.2) is 24.4 Å². The smallest absolute Gasteiger partial charge is 0.338 e. The number of benzene rings is 3. The van der Waals surface area contributed by atoms with Gasteiger partial charge in [-0.05, 0) is 66.4 Å². The number of imide groups is 1. The molecule has 3 aromatic rings. The van der Waals surface area contributed by atoms with Crippen LogP contribution in [0.25, 0.3) is 0 Å². The van der Waals surface area contributed by atoms with E-state index in [9.17, 15) is 14.4 Å². The van der Waals surface area contributed by atoms with Crippen molar-refractivity contribution >= 4 is 40.9 Å². The third kappa shape index (κ3) is 6.12. The van der Waals surface area contributed by atoms with Gasteiger partial charge in [0.15, 0.2) is 0 Å². The maximum absolute atomic E-state index is 13.6. The molecule has 0 aliphatic carbocycles. The lowest BCUT2D eigenvalue weighted by molar-refractivity contribution is -0.120. The molecule has 1 heterocycles. The van der Waals surface area contributed by atoms with E-state index in [1.807, 2.05) is 61.5 Å². The van der Waals surface area contributed by atoms with Gasteiger partial charge in [0.25, 0.3) is 11.8 Å². The van der Waals surface area contributed by atoms with Crippen molar-refractivity contribution in [2.24, 2.45) is 0 Å². The van der Waals surface area contributed by atoms with Crippen molar-refractivity contribution in [1.29, 1.82) is 0 Å². The summed E-state index contributed by atoms with van der Waals surface area (Å²) in [6.45, 7) is 6.62. The average Bonchev–Trinajstić information content (AvgIpc) is 3.13. The lowest BCUT2D eigenvalue weighted by Gasteiger charge is -2.16. The van der Waals surface area contributed by atoms with Crippen molar-refractivity contribution in [3.8, 4) is 0 Å². The fourth-order valence-electron chi connectivity index (χ4n) is 3.79. The van der Waals surface area contributed by atoms with Crippen molar-refractivity contribution in [3.05, 3.63) is 101 Å². The van der Waals surface area contributed by atoms with E-state index < -0.39 is 17.8 Å². The van der Waals surface area contributed by atoms with Gasteiger partial charge < -0.3 is 10.1 Å². The number of nitrogens with zero attached hydrogens (tertiary/aromatic N) is 1. The number of amides is 2. The van der Waals surface area contributed by atoms with Gasteiger partial charge in [0.1, 0.15) is 10.6 Å². The number of unbranched alkanes of at least 4 members (excludes halogenated alkanes) is 1. The fourth-order valence-corrected chi connectivity index (χ4v) is 4.74. The number of hydrogen-bond donors (Lipinski definition) is 1. The minimum Gasteiger partial charge on any atom is -0.462 e. The van der Waals surface area contributed by atoms with Crippen molar-refractivity contribution in [2.45, 2.75) is 44.4 Å². The van der Waals surface area contributed by atoms with E-state index in [0.717, 1.165) is 28.3 Å². The summed E-state index contributed by atoms with van der Waals surface area (Å²) >= 11 is 1.25. The maximum atomic E-state index is 13.6. The van der Waals surface area contributed by atoms with E-state index in [1.54, 1.807) is 24.3 Å². The molecule has 1 N–H and O–H groups in total. The summed E-state index contributed by atoms with van der Waals surface area (Å²) in [6.07, 6.45) is 1.73. The summed E-state index contributed by atoms with van der Waals surface area (Å²) in [4.78, 5) is 41.7. The third-order valence-electron chi connectivity index (χ3n) is 5.94. The number of carbonyl (C=O) groups excluding carboxylic acids is 3. The number of anilines is 2. The van der Waals surface area contributed by atoms with Gasteiger partial charge in [0.2, 0.25) is 0 Å². The number of rotatable bonds is 10. The van der Waals surface area contributed by atoms with Gasteiger partial charge in [-0.3, -0.25) is 9.59 Å². The zero-order valence-electron chi connectivity index (χ0n) is 21.2. The van der Waals surface area contributed by atoms with E-state index >= 15 is 0 Å². The number of esters is 1. The highest BCUT2D eigenvalue weighted by Crippen LogP contribution is 2.38. The Bertz CT molecular complexity index is 1300. The average molecular weight is 515 g/mol. The molecular formula is C30H30N2O4S. The van der Waals surface area contributed by atoms with Crippen LogP contribution in [0.3, 0.4) is 0 Å². The lowest BCUT2D eigenvalue weighted by atomic mass is 10.0. The molecule has 1 aliphatic rings. The highest BCUT2D eigenvalue weighted by atomic mass is 32.2. The van der Waals surface area contributed by atoms with Crippen molar-refractivity contribution in [3.63, 3.8) is 0 Å². The molecule has 3 aromatic carbocycles. The number of ether oxygens (including phenoxy) is 1. The second-order valence-electron chi connectivity index (χ2n) is 9.00. The first kappa shape index (κ1) is 26.2. The number of nitrogens with one attached hydrogen (secondary N) is 1. The van der Waals surface area contributed by atoms with E-state index in [2.05, 4.69) is 19.2 Å². The van der Waals surface area contributed by atoms with Gasteiger partial charge in [-0.25, -0.2) is 9.69 Å². The maximum Gasteiger partial charge on any atom is 0.338 e. The Morgan fingerprint density at radius 1 is 0.919 bits per heavy atom. The Hall–Kier alpha value is -3.84. The predicted octanol–water partition coefficient (Wildman–Crippen LogP) is 6.76. The second kappa shape index (κ2) is 11.9. The molecule has 4 rings (SSSR count). The second-order valence-corrected chi connectivity index (χ2v) is 10.1. The van der Waals surface area contributed by atoms with E-state index in [-0.39, 0.29) is 5.70 Å². The van der Waals surface area contributed by atoms with E-state index in [4.69, 9.17) is 4.74 Å². The van der Waals surface area contributed by atoms with Gasteiger partial charge in [-0.15, -0.1) is 0 Å². The molecule has 2 amide bonds. The molecular weight excluding hydrogens is 484 g/mol. The quantitative estimate of drug-likeness (QED) is 0.183. The van der Waals surface area contributed by atoms with Crippen LogP contribution in [0, 0.1) is 0 Å². The van der Waals surface area contributed by atoms with Crippen molar-refractivity contribution in [2.75, 3.05) is 16.8 Å². The van der Waals surface area contributed by atoms with Crippen LogP contribution in [0.4, 0.5) is 11.4 Å². The summed E-state index contributed by atoms with van der Waals surface area (Å²) in [6, 6.07) is 23.6. The largest absolute Gasteiger partial charge is 0.462 e. The van der Waals surface area contributed by atoms with Crippen LogP contribution in [-0.2, 0) is 14.3 Å². The highest BCUT2D eigenvalue weighted by Gasteiger charge is 2.40. The first-order valence-electron chi connectivity index (χ1n) is 12.4. The summed E-state index contributed by atoms with van der Waals surface area (Å²) < 4.78 is 5.26. The van der Waals surface area contributed by atoms with Crippen LogP contribution in [0.5, 0.6) is 0 Å². The van der Waals surface area contributed by atoms with Crippen molar-refractivity contribution in [1.82, 2.24) is 0 Å². The number of carbonyl (C=O) groups is 3. The highest BCUT2D eigenvalue weighted by molar-refractivity contribution is 8.04. The SMILES string of the molecule is CCCCOC(=O)c1ccc(N2C(=O)C(Nc3ccc(C(C)C)cc3)=C(Sc3ccccc3)C2=O)cc1. The summed E-state index contributed by atoms with van der Waals surface area (Å²) in [5.74, 6) is -0.910. The molecule has 0 saturated carbocycles. The normalized spacial score (nSPS) is 13.5. The zero-order chi connectivity index (χ0) is 26.4. The van der Waals surface area contributed by atoms with Gasteiger partial charge in [-0.1, -0.05) is 69.3 Å². The standard InChI is InChI=1S/C30H30N2O4S/c1-4-5-19-36-30(35)22-13-17-24(18-14-22)32-28(33)26(31-23-15-11-21(12-16-23)20(2)3)27(29(32)34)37-25-9-7-6-8-10-25/h6-18,20,31H,4-5,19H2,1-3H3. The number of hydrogen-bond acceptors (Lipinski definition) is 6. The minimum absolute atomic E-state index is 0.221. The van der Waals surface area contributed by atoms with Crippen LogP contribution in [0.1, 0.15) is 55.5 Å². The minimum atomic E-state index is -0.449. The van der Waals surface area contributed by atoms with E-state index in [1.165, 1.54) is 17.3 Å². The van der Waals surface area contributed by atoms with Crippen LogP contribution >= 0.6 is 11.8 Å². The van der Waals surface area contributed by atoms with E-state index in [0.29, 0.717) is 28.7 Å². The fraction of sp³-hybridized carbons (Fsp3) is 0.233. The number of thioether (sulfide) groups is 1.